The van der Waals surface area contributed by atoms with Gasteiger partial charge in [-0.2, -0.15) is 0 Å². The molecule has 0 aliphatic carbocycles. The van der Waals surface area contributed by atoms with E-state index in [4.69, 9.17) is 11.6 Å². The average molecular weight is 252 g/mol. The molecule has 1 aromatic heterocycles. The Morgan fingerprint density at radius 3 is 2.65 bits per heavy atom. The standard InChI is InChI=1S/C13H11ClFNO/c1-8-2-3-9(6-11(8)15)13(17)12-5-4-10(14)7-16-12/h2-7,13,17H,1H3. The van der Waals surface area contributed by atoms with Gasteiger partial charge in [-0.15, -0.1) is 0 Å². The van der Waals surface area contributed by atoms with Gasteiger partial charge < -0.3 is 5.11 Å². The first-order valence-electron chi connectivity index (χ1n) is 5.13. The Morgan fingerprint density at radius 2 is 2.06 bits per heavy atom. The summed E-state index contributed by atoms with van der Waals surface area (Å²) in [5.41, 5.74) is 1.46. The van der Waals surface area contributed by atoms with Crippen molar-refractivity contribution in [3.05, 3.63) is 64.2 Å². The van der Waals surface area contributed by atoms with Crippen LogP contribution in [0.15, 0.2) is 36.5 Å². The maximum absolute atomic E-state index is 13.4. The zero-order chi connectivity index (χ0) is 12.4. The van der Waals surface area contributed by atoms with E-state index in [0.29, 0.717) is 21.8 Å². The summed E-state index contributed by atoms with van der Waals surface area (Å²) in [6, 6.07) is 7.88. The first-order chi connectivity index (χ1) is 8.08. The van der Waals surface area contributed by atoms with E-state index >= 15 is 0 Å². The van der Waals surface area contributed by atoms with Crippen molar-refractivity contribution < 1.29 is 9.50 Å². The van der Waals surface area contributed by atoms with Gasteiger partial charge in [-0.1, -0.05) is 23.7 Å². The Hall–Kier alpha value is -1.45. The van der Waals surface area contributed by atoms with Crippen molar-refractivity contribution in [3.8, 4) is 0 Å². The Bertz CT molecular complexity index is 527. The van der Waals surface area contributed by atoms with Gasteiger partial charge in [-0.25, -0.2) is 4.39 Å². The van der Waals surface area contributed by atoms with Crippen LogP contribution >= 0.6 is 11.6 Å². The zero-order valence-corrected chi connectivity index (χ0v) is 9.95. The number of hydrogen-bond donors (Lipinski definition) is 1. The van der Waals surface area contributed by atoms with E-state index in [-0.39, 0.29) is 5.82 Å². The largest absolute Gasteiger partial charge is 0.382 e. The molecule has 0 radical (unpaired) electrons. The van der Waals surface area contributed by atoms with E-state index in [9.17, 15) is 9.50 Å². The number of rotatable bonds is 2. The fraction of sp³-hybridized carbons (Fsp3) is 0.154. The molecule has 0 amide bonds. The van der Waals surface area contributed by atoms with Gasteiger partial charge in [0.2, 0.25) is 0 Å². The molecular formula is C13H11ClFNO. The van der Waals surface area contributed by atoms with E-state index < -0.39 is 6.10 Å². The third kappa shape index (κ3) is 2.62. The van der Waals surface area contributed by atoms with Gasteiger partial charge in [0.15, 0.2) is 0 Å². The fourth-order valence-corrected chi connectivity index (χ4v) is 1.61. The molecule has 0 spiro atoms. The second-order valence-corrected chi connectivity index (χ2v) is 4.25. The summed E-state index contributed by atoms with van der Waals surface area (Å²) in [6.07, 6.45) is 0.507. The second kappa shape index (κ2) is 4.82. The van der Waals surface area contributed by atoms with Crippen LogP contribution in [0.25, 0.3) is 0 Å². The fourth-order valence-electron chi connectivity index (χ4n) is 1.50. The molecule has 88 valence electrons. The molecule has 2 nitrogen and oxygen atoms in total. The topological polar surface area (TPSA) is 33.1 Å². The van der Waals surface area contributed by atoms with Crippen molar-refractivity contribution in [2.24, 2.45) is 0 Å². The summed E-state index contributed by atoms with van der Waals surface area (Å²) in [5, 5.41) is 10.5. The number of aromatic nitrogens is 1. The minimum Gasteiger partial charge on any atom is -0.382 e. The molecule has 1 aromatic carbocycles. The lowest BCUT2D eigenvalue weighted by atomic mass is 10.0. The first kappa shape index (κ1) is 12.0. The smallest absolute Gasteiger partial charge is 0.126 e. The van der Waals surface area contributed by atoms with Gasteiger partial charge in [0, 0.05) is 6.20 Å². The molecule has 1 N–H and O–H groups in total. The van der Waals surface area contributed by atoms with Crippen molar-refractivity contribution in [2.75, 3.05) is 0 Å². The number of aliphatic hydroxyl groups is 1. The molecule has 17 heavy (non-hydrogen) atoms. The minimum absolute atomic E-state index is 0.337. The van der Waals surface area contributed by atoms with Crippen molar-refractivity contribution in [1.82, 2.24) is 4.98 Å². The third-order valence-electron chi connectivity index (χ3n) is 2.54. The van der Waals surface area contributed by atoms with Crippen LogP contribution in [0, 0.1) is 12.7 Å². The van der Waals surface area contributed by atoms with E-state index in [0.717, 1.165) is 0 Å². The number of hydrogen-bond acceptors (Lipinski definition) is 2. The van der Waals surface area contributed by atoms with Gasteiger partial charge in [-0.05, 0) is 36.2 Å². The summed E-state index contributed by atoms with van der Waals surface area (Å²) < 4.78 is 13.4. The lowest BCUT2D eigenvalue weighted by Gasteiger charge is -2.11. The lowest BCUT2D eigenvalue weighted by molar-refractivity contribution is 0.215. The molecule has 2 aromatic rings. The van der Waals surface area contributed by atoms with Crippen molar-refractivity contribution in [2.45, 2.75) is 13.0 Å². The van der Waals surface area contributed by atoms with E-state index in [1.165, 1.54) is 12.3 Å². The lowest BCUT2D eigenvalue weighted by Crippen LogP contribution is -2.02. The molecule has 0 saturated carbocycles. The number of pyridine rings is 1. The van der Waals surface area contributed by atoms with Crippen LogP contribution in [-0.2, 0) is 0 Å². The van der Waals surface area contributed by atoms with Gasteiger partial charge in [0.05, 0.1) is 10.7 Å². The number of halogens is 2. The van der Waals surface area contributed by atoms with Gasteiger partial charge in [-0.3, -0.25) is 4.98 Å². The Labute approximate surface area is 104 Å². The second-order valence-electron chi connectivity index (χ2n) is 3.81. The number of aliphatic hydroxyl groups excluding tert-OH is 1. The van der Waals surface area contributed by atoms with Crippen LogP contribution in [0.2, 0.25) is 5.02 Å². The summed E-state index contributed by atoms with van der Waals surface area (Å²) in [6.45, 7) is 1.67. The minimum atomic E-state index is -0.942. The number of benzene rings is 1. The molecule has 4 heteroatoms. The molecular weight excluding hydrogens is 241 g/mol. The molecule has 0 bridgehead atoms. The van der Waals surface area contributed by atoms with Crippen molar-refractivity contribution in [3.63, 3.8) is 0 Å². The highest BCUT2D eigenvalue weighted by Crippen LogP contribution is 2.22. The van der Waals surface area contributed by atoms with Crippen LogP contribution in [0.1, 0.15) is 22.9 Å². The van der Waals surface area contributed by atoms with Crippen LogP contribution in [-0.4, -0.2) is 10.1 Å². The van der Waals surface area contributed by atoms with Crippen LogP contribution < -0.4 is 0 Å². The van der Waals surface area contributed by atoms with Gasteiger partial charge in [0.1, 0.15) is 11.9 Å². The van der Waals surface area contributed by atoms with E-state index in [1.807, 2.05) is 0 Å². The van der Waals surface area contributed by atoms with Crippen molar-refractivity contribution >= 4 is 11.6 Å². The maximum Gasteiger partial charge on any atom is 0.126 e. The molecule has 1 heterocycles. The zero-order valence-electron chi connectivity index (χ0n) is 9.19. The molecule has 1 atom stereocenters. The summed E-state index contributed by atoms with van der Waals surface area (Å²) >= 11 is 5.70. The molecule has 0 saturated heterocycles. The average Bonchev–Trinajstić information content (AvgIpc) is 2.33. The van der Waals surface area contributed by atoms with E-state index in [2.05, 4.69) is 4.98 Å². The van der Waals surface area contributed by atoms with Crippen LogP contribution in [0.5, 0.6) is 0 Å². The van der Waals surface area contributed by atoms with Crippen LogP contribution in [0.4, 0.5) is 4.39 Å². The molecule has 2 rings (SSSR count). The predicted molar refractivity (Wildman–Crippen MR) is 64.4 cm³/mol. The SMILES string of the molecule is Cc1ccc(C(O)c2ccc(Cl)cn2)cc1F. The Balaban J connectivity index is 2.33. The van der Waals surface area contributed by atoms with Crippen LogP contribution in [0.3, 0.4) is 0 Å². The highest BCUT2D eigenvalue weighted by molar-refractivity contribution is 6.30. The van der Waals surface area contributed by atoms with Crippen molar-refractivity contribution in [1.29, 1.82) is 0 Å². The number of nitrogens with zero attached hydrogens (tertiary/aromatic N) is 1. The Morgan fingerprint density at radius 1 is 1.29 bits per heavy atom. The van der Waals surface area contributed by atoms with Gasteiger partial charge >= 0.3 is 0 Å². The number of aryl methyl sites for hydroxylation is 1. The van der Waals surface area contributed by atoms with Gasteiger partial charge in [0.25, 0.3) is 0 Å². The quantitative estimate of drug-likeness (QED) is 0.889. The summed E-state index contributed by atoms with van der Waals surface area (Å²) in [5.74, 6) is -0.337. The molecule has 0 aliphatic rings. The third-order valence-corrected chi connectivity index (χ3v) is 2.77. The predicted octanol–water partition coefficient (Wildman–Crippen LogP) is 3.26. The normalized spacial score (nSPS) is 12.5. The summed E-state index contributed by atoms with van der Waals surface area (Å²) in [7, 11) is 0. The Kier molecular flexibility index (Phi) is 3.41. The maximum atomic E-state index is 13.4. The first-order valence-corrected chi connectivity index (χ1v) is 5.51. The molecule has 0 aliphatic heterocycles. The highest BCUT2D eigenvalue weighted by atomic mass is 35.5. The summed E-state index contributed by atoms with van der Waals surface area (Å²) in [4.78, 5) is 4.00. The molecule has 1 unspecified atom stereocenters. The monoisotopic (exact) mass is 251 g/mol. The van der Waals surface area contributed by atoms with E-state index in [1.54, 1.807) is 31.2 Å². The molecule has 0 fully saturated rings. The highest BCUT2D eigenvalue weighted by Gasteiger charge is 2.13.